The van der Waals surface area contributed by atoms with E-state index in [1.165, 1.54) is 15.5 Å². The van der Waals surface area contributed by atoms with E-state index in [1.807, 2.05) is 0 Å². The average molecular weight is 572 g/mol. The van der Waals surface area contributed by atoms with Gasteiger partial charge in [-0.3, -0.25) is 9.20 Å². The van der Waals surface area contributed by atoms with E-state index in [0.717, 1.165) is 6.20 Å². The zero-order valence-corrected chi connectivity index (χ0v) is 21.8. The fraction of sp³-hybridized carbons (Fsp3) is 0.545. The number of anilines is 1. The minimum atomic E-state index is -4.31. The first kappa shape index (κ1) is 25.5. The Balaban J connectivity index is 1.43. The molecule has 1 aliphatic heterocycles. The second-order valence-electron chi connectivity index (χ2n) is 10.2. The van der Waals surface area contributed by atoms with Crippen molar-refractivity contribution in [2.24, 2.45) is 0 Å². The fourth-order valence-electron chi connectivity index (χ4n) is 4.56. The van der Waals surface area contributed by atoms with Crippen molar-refractivity contribution in [3.63, 3.8) is 0 Å². The van der Waals surface area contributed by atoms with Gasteiger partial charge in [-0.2, -0.15) is 0 Å². The molecule has 2 N–H and O–H groups in total. The van der Waals surface area contributed by atoms with Crippen LogP contribution in [0.1, 0.15) is 44.0 Å². The summed E-state index contributed by atoms with van der Waals surface area (Å²) in [4.78, 5) is 19.3. The first-order valence-electron chi connectivity index (χ1n) is 12.0. The summed E-state index contributed by atoms with van der Waals surface area (Å²) in [6.45, 7) is 2.49. The minimum Gasteiger partial charge on any atom is -0.380 e. The lowest BCUT2D eigenvalue weighted by atomic mass is 10.2. The van der Waals surface area contributed by atoms with Crippen LogP contribution in [0.2, 0.25) is 0 Å². The van der Waals surface area contributed by atoms with E-state index in [9.17, 15) is 27.1 Å². The summed E-state index contributed by atoms with van der Waals surface area (Å²) in [7, 11) is -4.31. The molecular weight excluding hydrogens is 547 g/mol. The highest BCUT2D eigenvalue weighted by Gasteiger charge is 2.50. The van der Waals surface area contributed by atoms with Crippen molar-refractivity contribution in [2.75, 3.05) is 31.1 Å². The van der Waals surface area contributed by atoms with Crippen LogP contribution in [0.15, 0.2) is 17.3 Å². The van der Waals surface area contributed by atoms with Gasteiger partial charge in [0.15, 0.2) is 21.7 Å². The highest BCUT2D eigenvalue weighted by molar-refractivity contribution is 7.89. The molecule has 1 amide bonds. The summed E-state index contributed by atoms with van der Waals surface area (Å²) in [6.07, 6.45) is 1.61. The number of alkyl halides is 2. The van der Waals surface area contributed by atoms with Crippen LogP contribution < -0.4 is 9.62 Å². The maximum absolute atomic E-state index is 16.1. The number of carbonyl (C=O) groups excluding carboxylic acids is 1. The standard InChI is InChI=1S/C22H24F3N7O4S2/c1-21(2-3-21)29-38(35,36)13-11-32-12(10-26-17(32)19-28-27-18(37-19)16(24)25)15(14(13)23)30-6-8-31(9-7-30)20(33)22(34)4-5-22/h10-11,16,29,34H,2-9H2,1H3. The third kappa shape index (κ3) is 4.32. The van der Waals surface area contributed by atoms with Gasteiger partial charge in [-0.1, -0.05) is 11.3 Å². The largest absolute Gasteiger partial charge is 0.380 e. The van der Waals surface area contributed by atoms with Gasteiger partial charge in [-0.05, 0) is 32.6 Å². The molecular formula is C22H24F3N7O4S2. The normalized spacial score (nSPS) is 20.4. The number of piperazine rings is 1. The lowest BCUT2D eigenvalue weighted by molar-refractivity contribution is -0.142. The van der Waals surface area contributed by atoms with Gasteiger partial charge in [0.25, 0.3) is 12.3 Å². The van der Waals surface area contributed by atoms with E-state index >= 15 is 4.39 Å². The van der Waals surface area contributed by atoms with Crippen LogP contribution in [-0.4, -0.2) is 81.2 Å². The van der Waals surface area contributed by atoms with Gasteiger partial charge in [-0.25, -0.2) is 31.3 Å². The van der Waals surface area contributed by atoms with Crippen molar-refractivity contribution < 1.29 is 31.5 Å². The van der Waals surface area contributed by atoms with E-state index < -0.39 is 43.3 Å². The lowest BCUT2D eigenvalue weighted by Gasteiger charge is -2.37. The predicted octanol–water partition coefficient (Wildman–Crippen LogP) is 1.93. The molecule has 2 saturated carbocycles. The Hall–Kier alpha value is -2.82. The van der Waals surface area contributed by atoms with Gasteiger partial charge in [0, 0.05) is 37.9 Å². The molecule has 16 heteroatoms. The molecule has 0 bridgehead atoms. The first-order valence-corrected chi connectivity index (χ1v) is 14.3. The Morgan fingerprint density at radius 3 is 2.42 bits per heavy atom. The maximum atomic E-state index is 16.1. The lowest BCUT2D eigenvalue weighted by Crippen LogP contribution is -2.52. The molecule has 0 radical (unpaired) electrons. The van der Waals surface area contributed by atoms with Crippen LogP contribution in [-0.2, 0) is 14.8 Å². The number of fused-ring (bicyclic) bond motifs is 1. The minimum absolute atomic E-state index is 0.0245. The third-order valence-corrected chi connectivity index (χ3v) is 9.76. The second-order valence-corrected chi connectivity index (χ2v) is 12.9. The molecule has 0 spiro atoms. The Bertz CT molecular complexity index is 1540. The van der Waals surface area contributed by atoms with Crippen LogP contribution >= 0.6 is 11.3 Å². The smallest absolute Gasteiger partial charge is 0.291 e. The van der Waals surface area contributed by atoms with E-state index in [2.05, 4.69) is 19.9 Å². The number of aliphatic hydroxyl groups is 1. The number of pyridine rings is 1. The Morgan fingerprint density at radius 1 is 1.16 bits per heavy atom. The van der Waals surface area contributed by atoms with Crippen LogP contribution in [0.4, 0.5) is 18.9 Å². The number of hydrogen-bond acceptors (Lipinski definition) is 9. The van der Waals surface area contributed by atoms with Crippen molar-refractivity contribution in [1.29, 1.82) is 0 Å². The summed E-state index contributed by atoms with van der Waals surface area (Å²) in [5.41, 5.74) is -1.82. The number of aromatic nitrogens is 4. The molecule has 3 aromatic rings. The first-order chi connectivity index (χ1) is 17.9. The van der Waals surface area contributed by atoms with E-state index in [-0.39, 0.29) is 54.1 Å². The highest BCUT2D eigenvalue weighted by atomic mass is 32.2. The second kappa shape index (κ2) is 8.59. The van der Waals surface area contributed by atoms with Crippen molar-refractivity contribution >= 4 is 38.5 Å². The molecule has 4 heterocycles. The van der Waals surface area contributed by atoms with Gasteiger partial charge in [-0.15, -0.1) is 10.2 Å². The summed E-state index contributed by atoms with van der Waals surface area (Å²) in [5, 5.41) is 16.9. The number of halogens is 3. The number of nitrogens with one attached hydrogen (secondary N) is 1. The summed E-state index contributed by atoms with van der Waals surface area (Å²) >= 11 is 0.608. The number of nitrogens with zero attached hydrogens (tertiary/aromatic N) is 6. The summed E-state index contributed by atoms with van der Waals surface area (Å²) < 4.78 is 72.9. The monoisotopic (exact) mass is 571 g/mol. The van der Waals surface area contributed by atoms with Crippen molar-refractivity contribution in [3.05, 3.63) is 23.2 Å². The van der Waals surface area contributed by atoms with Crippen molar-refractivity contribution in [1.82, 2.24) is 29.2 Å². The molecule has 1 saturated heterocycles. The molecule has 6 rings (SSSR count). The number of imidazole rings is 1. The molecule has 204 valence electrons. The molecule has 3 fully saturated rings. The Morgan fingerprint density at radius 2 is 1.84 bits per heavy atom. The highest BCUT2D eigenvalue weighted by Crippen LogP contribution is 2.40. The number of amides is 1. The van der Waals surface area contributed by atoms with E-state index in [1.54, 1.807) is 11.8 Å². The van der Waals surface area contributed by atoms with Crippen molar-refractivity contribution in [2.45, 2.75) is 55.1 Å². The number of sulfonamides is 1. The van der Waals surface area contributed by atoms with Crippen LogP contribution in [0.5, 0.6) is 0 Å². The number of rotatable bonds is 7. The predicted molar refractivity (Wildman–Crippen MR) is 130 cm³/mol. The SMILES string of the molecule is CC1(NS(=O)(=O)c2cn3c(-c4nnc(C(F)F)s4)ncc3c(N3CCN(C(=O)C4(O)CC4)CC3)c2F)CC1. The molecule has 38 heavy (non-hydrogen) atoms. The van der Waals surface area contributed by atoms with E-state index in [0.29, 0.717) is 37.0 Å². The van der Waals surface area contributed by atoms with Gasteiger partial charge < -0.3 is 14.9 Å². The van der Waals surface area contributed by atoms with Gasteiger partial charge in [0.05, 0.1) is 11.7 Å². The zero-order valence-electron chi connectivity index (χ0n) is 20.2. The Labute approximate surface area is 219 Å². The topological polar surface area (TPSA) is 133 Å². The van der Waals surface area contributed by atoms with Crippen LogP contribution in [0, 0.1) is 5.82 Å². The molecule has 3 aromatic heterocycles. The van der Waals surface area contributed by atoms with Crippen molar-refractivity contribution in [3.8, 4) is 10.8 Å². The molecule has 11 nitrogen and oxygen atoms in total. The summed E-state index contributed by atoms with van der Waals surface area (Å²) in [6, 6.07) is 0. The van der Waals surface area contributed by atoms with E-state index in [4.69, 9.17) is 0 Å². The third-order valence-electron chi connectivity index (χ3n) is 7.20. The number of hydrogen-bond donors (Lipinski definition) is 2. The van der Waals surface area contributed by atoms with Gasteiger partial charge >= 0.3 is 0 Å². The fourth-order valence-corrected chi connectivity index (χ4v) is 6.79. The molecule has 2 aliphatic carbocycles. The quantitative estimate of drug-likeness (QED) is 0.440. The number of carbonyl (C=O) groups is 1. The Kier molecular flexibility index (Phi) is 5.76. The molecule has 0 aromatic carbocycles. The summed E-state index contributed by atoms with van der Waals surface area (Å²) in [5.74, 6) is -1.30. The average Bonchev–Trinajstić information content (AvgIpc) is 3.64. The van der Waals surface area contributed by atoms with Crippen LogP contribution in [0.3, 0.4) is 0 Å². The van der Waals surface area contributed by atoms with Gasteiger partial charge in [0.2, 0.25) is 10.0 Å². The maximum Gasteiger partial charge on any atom is 0.291 e. The van der Waals surface area contributed by atoms with Gasteiger partial charge in [0.1, 0.15) is 16.2 Å². The molecule has 0 unspecified atom stereocenters. The molecule has 0 atom stereocenters. The van der Waals surface area contributed by atoms with Crippen LogP contribution in [0.25, 0.3) is 16.3 Å². The zero-order chi connectivity index (χ0) is 27.0. The molecule has 3 aliphatic rings.